The third-order valence-electron chi connectivity index (χ3n) is 4.48. The molecular formula is C21H26N2O3. The Kier molecular flexibility index (Phi) is 6.28. The van der Waals surface area contributed by atoms with Crippen LogP contribution in [0.2, 0.25) is 0 Å². The van der Waals surface area contributed by atoms with Crippen LogP contribution in [-0.2, 0) is 6.54 Å². The summed E-state index contributed by atoms with van der Waals surface area (Å²) in [6.45, 7) is 1.85. The highest BCUT2D eigenvalue weighted by molar-refractivity contribution is 5.87. The Morgan fingerprint density at radius 1 is 1.12 bits per heavy atom. The number of benzene rings is 2. The van der Waals surface area contributed by atoms with Gasteiger partial charge in [0.25, 0.3) is 0 Å². The number of methoxy groups -OCH3 is 1. The van der Waals surface area contributed by atoms with Crippen LogP contribution in [0.5, 0.6) is 5.75 Å². The molecule has 0 aliphatic heterocycles. The number of aliphatic hydroxyl groups excluding tert-OH is 2. The van der Waals surface area contributed by atoms with Crippen molar-refractivity contribution in [1.82, 2.24) is 9.88 Å². The Balaban J connectivity index is 1.87. The molecule has 0 unspecified atom stereocenters. The number of nitrogens with one attached hydrogen (secondary N) is 1. The van der Waals surface area contributed by atoms with E-state index in [1.165, 1.54) is 0 Å². The van der Waals surface area contributed by atoms with Gasteiger partial charge in [-0.05, 0) is 54.9 Å². The van der Waals surface area contributed by atoms with E-state index in [1.54, 1.807) is 7.11 Å². The van der Waals surface area contributed by atoms with Gasteiger partial charge < -0.3 is 24.8 Å². The maximum absolute atomic E-state index is 10.5. The molecule has 1 heterocycles. The number of rotatable bonds is 9. The van der Waals surface area contributed by atoms with Gasteiger partial charge in [0.05, 0.1) is 19.8 Å². The van der Waals surface area contributed by atoms with E-state index in [0.29, 0.717) is 26.1 Å². The summed E-state index contributed by atoms with van der Waals surface area (Å²) in [6.07, 6.45) is 0.178. The lowest BCUT2D eigenvalue weighted by atomic mass is 10.1. The van der Waals surface area contributed by atoms with Crippen LogP contribution in [-0.4, -0.2) is 47.7 Å². The van der Waals surface area contributed by atoms with Gasteiger partial charge in [-0.15, -0.1) is 0 Å². The summed E-state index contributed by atoms with van der Waals surface area (Å²) < 4.78 is 7.41. The monoisotopic (exact) mass is 354 g/mol. The highest BCUT2D eigenvalue weighted by Crippen LogP contribution is 2.29. The fourth-order valence-corrected chi connectivity index (χ4v) is 3.16. The Morgan fingerprint density at radius 2 is 1.88 bits per heavy atom. The normalized spacial score (nSPS) is 12.4. The van der Waals surface area contributed by atoms with Crippen LogP contribution < -0.4 is 10.1 Å². The first-order valence-corrected chi connectivity index (χ1v) is 8.95. The molecule has 0 radical (unpaired) electrons. The summed E-state index contributed by atoms with van der Waals surface area (Å²) in [5, 5.41) is 23.6. The number of hydrogen-bond acceptors (Lipinski definition) is 4. The zero-order chi connectivity index (χ0) is 18.4. The SMILES string of the molecule is COc1ccc(-c2cc3ccccc3n2C[C@@H](O)CNCCCO)cc1. The van der Waals surface area contributed by atoms with E-state index in [2.05, 4.69) is 28.1 Å². The van der Waals surface area contributed by atoms with Crippen LogP contribution in [0.4, 0.5) is 0 Å². The number of fused-ring (bicyclic) bond motifs is 1. The molecule has 1 atom stereocenters. The summed E-state index contributed by atoms with van der Waals surface area (Å²) in [4.78, 5) is 0. The van der Waals surface area contributed by atoms with Crippen molar-refractivity contribution in [2.24, 2.45) is 0 Å². The Labute approximate surface area is 153 Å². The minimum Gasteiger partial charge on any atom is -0.497 e. The highest BCUT2D eigenvalue weighted by Gasteiger charge is 2.14. The Hall–Kier alpha value is -2.34. The van der Waals surface area contributed by atoms with E-state index < -0.39 is 6.10 Å². The standard InChI is InChI=1S/C21H26N2O3/c1-26-19-9-7-16(8-10-19)21-13-17-5-2-3-6-20(17)23(21)15-18(25)14-22-11-4-12-24/h2-3,5-10,13,18,22,24-25H,4,11-12,14-15H2,1H3/t18-/m0/s1. The predicted octanol–water partition coefficient (Wildman–Crippen LogP) is 2.65. The molecule has 5 heteroatoms. The van der Waals surface area contributed by atoms with Gasteiger partial charge in [0, 0.05) is 29.7 Å². The molecule has 0 bridgehead atoms. The van der Waals surface area contributed by atoms with E-state index in [0.717, 1.165) is 27.9 Å². The second-order valence-corrected chi connectivity index (χ2v) is 6.36. The number of ether oxygens (including phenoxy) is 1. The van der Waals surface area contributed by atoms with Gasteiger partial charge in [-0.25, -0.2) is 0 Å². The van der Waals surface area contributed by atoms with Crippen molar-refractivity contribution in [2.75, 3.05) is 26.8 Å². The number of nitrogens with zero attached hydrogens (tertiary/aromatic N) is 1. The molecule has 0 aliphatic rings. The van der Waals surface area contributed by atoms with Crippen molar-refractivity contribution in [2.45, 2.75) is 19.1 Å². The molecule has 0 amide bonds. The van der Waals surface area contributed by atoms with Crippen molar-refractivity contribution in [3.05, 3.63) is 54.6 Å². The van der Waals surface area contributed by atoms with Gasteiger partial charge in [-0.2, -0.15) is 0 Å². The first-order chi connectivity index (χ1) is 12.7. The van der Waals surface area contributed by atoms with Crippen LogP contribution in [0.25, 0.3) is 22.2 Å². The molecule has 3 N–H and O–H groups in total. The lowest BCUT2D eigenvalue weighted by molar-refractivity contribution is 0.152. The van der Waals surface area contributed by atoms with E-state index in [-0.39, 0.29) is 6.61 Å². The number of para-hydroxylation sites is 1. The minimum absolute atomic E-state index is 0.160. The molecule has 0 fully saturated rings. The molecule has 0 saturated heterocycles. The van der Waals surface area contributed by atoms with Gasteiger partial charge in [0.1, 0.15) is 5.75 Å². The molecule has 0 spiro atoms. The Bertz CT molecular complexity index is 827. The number of aromatic nitrogens is 1. The van der Waals surface area contributed by atoms with Gasteiger partial charge in [0.15, 0.2) is 0 Å². The van der Waals surface area contributed by atoms with Crippen molar-refractivity contribution >= 4 is 10.9 Å². The first kappa shape index (κ1) is 18.5. The van der Waals surface area contributed by atoms with Crippen molar-refractivity contribution in [1.29, 1.82) is 0 Å². The molecule has 26 heavy (non-hydrogen) atoms. The van der Waals surface area contributed by atoms with Crippen LogP contribution in [0.1, 0.15) is 6.42 Å². The maximum Gasteiger partial charge on any atom is 0.118 e. The van der Waals surface area contributed by atoms with Crippen molar-refractivity contribution in [3.8, 4) is 17.0 Å². The van der Waals surface area contributed by atoms with Gasteiger partial charge >= 0.3 is 0 Å². The summed E-state index contributed by atoms with van der Waals surface area (Å²) in [5.74, 6) is 0.824. The summed E-state index contributed by atoms with van der Waals surface area (Å²) in [6, 6.07) is 18.3. The van der Waals surface area contributed by atoms with Crippen molar-refractivity contribution < 1.29 is 14.9 Å². The zero-order valence-corrected chi connectivity index (χ0v) is 15.1. The lowest BCUT2D eigenvalue weighted by Gasteiger charge is -2.17. The topological polar surface area (TPSA) is 66.7 Å². The van der Waals surface area contributed by atoms with E-state index >= 15 is 0 Å². The average Bonchev–Trinajstić information content (AvgIpc) is 3.04. The fraction of sp³-hybridized carbons (Fsp3) is 0.333. The average molecular weight is 354 g/mol. The van der Waals surface area contributed by atoms with Crippen LogP contribution in [0.3, 0.4) is 0 Å². The van der Waals surface area contributed by atoms with E-state index in [1.807, 2.05) is 36.4 Å². The molecule has 2 aromatic carbocycles. The number of hydrogen-bond donors (Lipinski definition) is 3. The first-order valence-electron chi connectivity index (χ1n) is 8.95. The molecule has 3 rings (SSSR count). The molecular weight excluding hydrogens is 328 g/mol. The predicted molar refractivity (Wildman–Crippen MR) is 105 cm³/mol. The summed E-state index contributed by atoms with van der Waals surface area (Å²) >= 11 is 0. The second-order valence-electron chi connectivity index (χ2n) is 6.36. The fourth-order valence-electron chi connectivity index (χ4n) is 3.16. The summed E-state index contributed by atoms with van der Waals surface area (Å²) in [7, 11) is 1.66. The van der Waals surface area contributed by atoms with Gasteiger partial charge in [-0.3, -0.25) is 0 Å². The summed E-state index contributed by atoms with van der Waals surface area (Å²) in [5.41, 5.74) is 3.26. The smallest absolute Gasteiger partial charge is 0.118 e. The third-order valence-corrected chi connectivity index (χ3v) is 4.48. The maximum atomic E-state index is 10.5. The van der Waals surface area contributed by atoms with Gasteiger partial charge in [0.2, 0.25) is 0 Å². The minimum atomic E-state index is -0.513. The zero-order valence-electron chi connectivity index (χ0n) is 15.1. The molecule has 1 aromatic heterocycles. The lowest BCUT2D eigenvalue weighted by Crippen LogP contribution is -2.31. The quantitative estimate of drug-likeness (QED) is 0.517. The number of aliphatic hydroxyl groups is 2. The molecule has 0 saturated carbocycles. The molecule has 0 aliphatic carbocycles. The molecule has 3 aromatic rings. The third kappa shape index (κ3) is 4.25. The van der Waals surface area contributed by atoms with Crippen molar-refractivity contribution in [3.63, 3.8) is 0 Å². The Morgan fingerprint density at radius 3 is 2.62 bits per heavy atom. The van der Waals surface area contributed by atoms with E-state index in [4.69, 9.17) is 9.84 Å². The molecule has 138 valence electrons. The molecule has 5 nitrogen and oxygen atoms in total. The van der Waals surface area contributed by atoms with Gasteiger partial charge in [-0.1, -0.05) is 18.2 Å². The largest absolute Gasteiger partial charge is 0.497 e. The van der Waals surface area contributed by atoms with Crippen LogP contribution in [0, 0.1) is 0 Å². The van der Waals surface area contributed by atoms with E-state index in [9.17, 15) is 5.11 Å². The van der Waals surface area contributed by atoms with Crippen LogP contribution in [0.15, 0.2) is 54.6 Å². The second kappa shape index (κ2) is 8.85. The highest BCUT2D eigenvalue weighted by atomic mass is 16.5. The van der Waals surface area contributed by atoms with Crippen LogP contribution >= 0.6 is 0 Å².